The Morgan fingerprint density at radius 2 is 2.08 bits per heavy atom. The molecule has 4 nitrogen and oxygen atoms in total. The molecule has 3 aliphatic carbocycles. The Morgan fingerprint density at radius 3 is 2.77 bits per heavy atom. The van der Waals surface area contributed by atoms with Crippen molar-refractivity contribution in [2.75, 3.05) is 12.4 Å². The summed E-state index contributed by atoms with van der Waals surface area (Å²) in [5.41, 5.74) is 1.86. The van der Waals surface area contributed by atoms with Crippen LogP contribution in [0.5, 0.6) is 0 Å². The largest absolute Gasteiger partial charge is 0.465 e. The summed E-state index contributed by atoms with van der Waals surface area (Å²) in [5.74, 6) is 2.27. The zero-order chi connectivity index (χ0) is 18.3. The van der Waals surface area contributed by atoms with E-state index in [0.717, 1.165) is 42.0 Å². The molecule has 2 fully saturated rings. The molecule has 1 heterocycles. The minimum atomic E-state index is -0.254. The van der Waals surface area contributed by atoms with E-state index in [-0.39, 0.29) is 5.97 Å². The number of thiocarbonyl (C=S) groups is 1. The van der Waals surface area contributed by atoms with Gasteiger partial charge in [0.15, 0.2) is 5.11 Å². The van der Waals surface area contributed by atoms with Crippen LogP contribution in [-0.2, 0) is 17.6 Å². The molecule has 6 heteroatoms. The fourth-order valence-corrected chi connectivity index (χ4v) is 6.97. The van der Waals surface area contributed by atoms with Crippen molar-refractivity contribution >= 4 is 39.6 Å². The molecule has 0 amide bonds. The first-order valence-electron chi connectivity index (χ1n) is 9.87. The third kappa shape index (κ3) is 3.38. The van der Waals surface area contributed by atoms with E-state index in [2.05, 4.69) is 17.6 Å². The van der Waals surface area contributed by atoms with Gasteiger partial charge in [-0.15, -0.1) is 11.3 Å². The lowest BCUT2D eigenvalue weighted by Gasteiger charge is -2.29. The van der Waals surface area contributed by atoms with Crippen molar-refractivity contribution in [1.29, 1.82) is 0 Å². The zero-order valence-corrected chi connectivity index (χ0v) is 17.2. The highest BCUT2D eigenvalue weighted by Gasteiger charge is 2.42. The molecule has 4 unspecified atom stereocenters. The van der Waals surface area contributed by atoms with Crippen LogP contribution in [0.1, 0.15) is 66.2 Å². The van der Waals surface area contributed by atoms with Crippen molar-refractivity contribution in [2.45, 2.75) is 64.3 Å². The summed E-state index contributed by atoms with van der Waals surface area (Å²) < 4.78 is 5.04. The van der Waals surface area contributed by atoms with Crippen LogP contribution in [0.25, 0.3) is 0 Å². The van der Waals surface area contributed by atoms with Crippen molar-refractivity contribution in [1.82, 2.24) is 5.32 Å². The molecule has 26 heavy (non-hydrogen) atoms. The van der Waals surface area contributed by atoms with Gasteiger partial charge in [0.25, 0.3) is 0 Å². The summed E-state index contributed by atoms with van der Waals surface area (Å²) in [6.45, 7) is 2.25. The first kappa shape index (κ1) is 18.2. The predicted octanol–water partition coefficient (Wildman–Crippen LogP) is 4.52. The molecule has 0 saturated heterocycles. The minimum Gasteiger partial charge on any atom is -0.465 e. The summed E-state index contributed by atoms with van der Waals surface area (Å²) in [6, 6.07) is 0.376. The van der Waals surface area contributed by atoms with Crippen LogP contribution in [-0.4, -0.2) is 24.2 Å². The molecule has 0 aromatic carbocycles. The predicted molar refractivity (Wildman–Crippen MR) is 110 cm³/mol. The van der Waals surface area contributed by atoms with Gasteiger partial charge in [-0.05, 0) is 87.4 Å². The van der Waals surface area contributed by atoms with Crippen LogP contribution >= 0.6 is 23.6 Å². The van der Waals surface area contributed by atoms with E-state index in [4.69, 9.17) is 17.0 Å². The second kappa shape index (κ2) is 7.47. The molecule has 2 bridgehead atoms. The molecule has 2 saturated carbocycles. The van der Waals surface area contributed by atoms with Crippen molar-refractivity contribution < 1.29 is 9.53 Å². The number of thiophene rings is 1. The highest BCUT2D eigenvalue weighted by atomic mass is 32.1. The monoisotopic (exact) mass is 392 g/mol. The van der Waals surface area contributed by atoms with Crippen molar-refractivity contribution in [3.05, 3.63) is 16.0 Å². The van der Waals surface area contributed by atoms with E-state index in [1.54, 1.807) is 11.3 Å². The van der Waals surface area contributed by atoms with Crippen molar-refractivity contribution in [3.63, 3.8) is 0 Å². The second-order valence-electron chi connectivity index (χ2n) is 8.13. The number of methoxy groups -OCH3 is 1. The Bertz CT molecular complexity index is 715. The number of rotatable bonds is 4. The maximum atomic E-state index is 12.3. The molecule has 4 rings (SSSR count). The number of hydrogen-bond donors (Lipinski definition) is 2. The van der Waals surface area contributed by atoms with Crippen molar-refractivity contribution in [2.24, 2.45) is 17.8 Å². The minimum absolute atomic E-state index is 0.254. The van der Waals surface area contributed by atoms with Gasteiger partial charge >= 0.3 is 5.97 Å². The number of ether oxygens (including phenoxy) is 1. The van der Waals surface area contributed by atoms with Gasteiger partial charge in [0.2, 0.25) is 0 Å². The SMILES string of the molecule is COC(=O)c1c(NC(=S)NC(C)C2CC3CCC2C3)sc2c1CCCC2. The maximum absolute atomic E-state index is 12.3. The normalized spacial score (nSPS) is 27.7. The number of carbonyl (C=O) groups excluding carboxylic acids is 1. The van der Waals surface area contributed by atoms with Gasteiger partial charge in [-0.2, -0.15) is 0 Å². The number of carbonyl (C=O) groups is 1. The first-order chi connectivity index (χ1) is 12.6. The third-order valence-corrected chi connectivity index (χ3v) is 8.01. The molecular formula is C20H28N2O2S2. The third-order valence-electron chi connectivity index (χ3n) is 6.58. The van der Waals surface area contributed by atoms with Crippen LogP contribution in [0.15, 0.2) is 0 Å². The fraction of sp³-hybridized carbons (Fsp3) is 0.700. The van der Waals surface area contributed by atoms with Crippen LogP contribution in [0.4, 0.5) is 5.00 Å². The fourth-order valence-electron chi connectivity index (χ4n) is 5.33. The number of fused-ring (bicyclic) bond motifs is 3. The van der Waals surface area contributed by atoms with Crippen molar-refractivity contribution in [3.8, 4) is 0 Å². The van der Waals surface area contributed by atoms with Crippen LogP contribution in [0.3, 0.4) is 0 Å². The van der Waals surface area contributed by atoms with E-state index in [0.29, 0.717) is 16.7 Å². The molecule has 4 atom stereocenters. The Balaban J connectivity index is 1.45. The van der Waals surface area contributed by atoms with E-state index in [1.165, 1.54) is 49.7 Å². The first-order valence-corrected chi connectivity index (χ1v) is 11.1. The van der Waals surface area contributed by atoms with Crippen LogP contribution < -0.4 is 10.6 Å². The quantitative estimate of drug-likeness (QED) is 0.583. The molecular weight excluding hydrogens is 364 g/mol. The molecule has 142 valence electrons. The summed E-state index contributed by atoms with van der Waals surface area (Å²) in [5, 5.41) is 8.29. The zero-order valence-electron chi connectivity index (χ0n) is 15.6. The van der Waals surface area contributed by atoms with Gasteiger partial charge in [0, 0.05) is 10.9 Å². The Labute approximate surface area is 165 Å². The molecule has 2 N–H and O–H groups in total. The van der Waals surface area contributed by atoms with E-state index >= 15 is 0 Å². The van der Waals surface area contributed by atoms with E-state index in [1.807, 2.05) is 0 Å². The molecule has 0 radical (unpaired) electrons. The highest BCUT2D eigenvalue weighted by Crippen LogP contribution is 2.49. The van der Waals surface area contributed by atoms with Crippen LogP contribution in [0, 0.1) is 17.8 Å². The number of nitrogens with one attached hydrogen (secondary N) is 2. The number of hydrogen-bond acceptors (Lipinski definition) is 4. The summed E-state index contributed by atoms with van der Waals surface area (Å²) in [7, 11) is 1.45. The van der Waals surface area contributed by atoms with Gasteiger partial charge in [0.1, 0.15) is 5.00 Å². The lowest BCUT2D eigenvalue weighted by molar-refractivity contribution is 0.0601. The standard InChI is InChI=1S/C20H28N2O2S2/c1-11(15-10-12-7-8-13(15)9-12)21-20(25)22-18-17(19(23)24-2)14-5-3-4-6-16(14)26-18/h11-13,15H,3-10H2,1-2H3,(H2,21,22,25). The molecule has 3 aliphatic rings. The number of esters is 1. The average Bonchev–Trinajstić information content (AvgIpc) is 3.34. The summed E-state index contributed by atoms with van der Waals surface area (Å²) >= 11 is 7.26. The van der Waals surface area contributed by atoms with Gasteiger partial charge < -0.3 is 15.4 Å². The number of aryl methyl sites for hydroxylation is 1. The topological polar surface area (TPSA) is 50.4 Å². The Kier molecular flexibility index (Phi) is 5.24. The van der Waals surface area contributed by atoms with Gasteiger partial charge in [0.05, 0.1) is 12.7 Å². The Hall–Kier alpha value is -1.14. The van der Waals surface area contributed by atoms with Gasteiger partial charge in [-0.25, -0.2) is 4.79 Å². The lowest BCUT2D eigenvalue weighted by atomic mass is 9.84. The lowest BCUT2D eigenvalue weighted by Crippen LogP contribution is -2.42. The smallest absolute Gasteiger partial charge is 0.341 e. The second-order valence-corrected chi connectivity index (χ2v) is 9.65. The van der Waals surface area contributed by atoms with E-state index in [9.17, 15) is 4.79 Å². The highest BCUT2D eigenvalue weighted by molar-refractivity contribution is 7.80. The molecule has 0 aliphatic heterocycles. The average molecular weight is 393 g/mol. The van der Waals surface area contributed by atoms with Gasteiger partial charge in [-0.3, -0.25) is 0 Å². The number of anilines is 1. The van der Waals surface area contributed by atoms with Gasteiger partial charge in [-0.1, -0.05) is 6.42 Å². The molecule has 1 aromatic rings. The van der Waals surface area contributed by atoms with E-state index < -0.39 is 0 Å². The summed E-state index contributed by atoms with van der Waals surface area (Å²) in [6.07, 6.45) is 9.87. The Morgan fingerprint density at radius 1 is 1.27 bits per heavy atom. The summed E-state index contributed by atoms with van der Waals surface area (Å²) in [4.78, 5) is 13.7. The van der Waals surface area contributed by atoms with Crippen LogP contribution in [0.2, 0.25) is 0 Å². The molecule has 1 aromatic heterocycles. The maximum Gasteiger partial charge on any atom is 0.341 e. The molecule has 0 spiro atoms.